The molecule has 0 fully saturated rings. The smallest absolute Gasteiger partial charge is 0.274 e. The van der Waals surface area contributed by atoms with Crippen LogP contribution in [-0.2, 0) is 6.42 Å². The molecule has 136 valence electrons. The number of carbonyl (C=O) groups excluding carboxylic acids is 1. The van der Waals surface area contributed by atoms with E-state index in [-0.39, 0.29) is 11.9 Å². The molecule has 1 N–H and O–H groups in total. The minimum absolute atomic E-state index is 0.226. The lowest BCUT2D eigenvalue weighted by atomic mass is 10.1. The maximum Gasteiger partial charge on any atom is 0.274 e. The minimum Gasteiger partial charge on any atom is -0.320 e. The molecule has 27 heavy (non-hydrogen) atoms. The molecule has 2 heterocycles. The van der Waals surface area contributed by atoms with E-state index in [4.69, 9.17) is 0 Å². The van der Waals surface area contributed by atoms with Crippen LogP contribution in [0.2, 0.25) is 0 Å². The largest absolute Gasteiger partial charge is 0.320 e. The van der Waals surface area contributed by atoms with Crippen LogP contribution in [-0.4, -0.2) is 21.9 Å². The number of anilines is 3. The molecule has 0 bridgehead atoms. The molecular weight excluding hydrogens is 336 g/mol. The summed E-state index contributed by atoms with van der Waals surface area (Å²) in [7, 11) is 0. The van der Waals surface area contributed by atoms with Crippen molar-refractivity contribution in [2.45, 2.75) is 33.2 Å². The van der Waals surface area contributed by atoms with Gasteiger partial charge in [-0.2, -0.15) is 0 Å². The van der Waals surface area contributed by atoms with Crippen LogP contribution in [0.5, 0.6) is 0 Å². The highest BCUT2D eigenvalue weighted by Crippen LogP contribution is 2.36. The van der Waals surface area contributed by atoms with Gasteiger partial charge in [-0.25, -0.2) is 9.97 Å². The predicted molar refractivity (Wildman–Crippen MR) is 108 cm³/mol. The lowest BCUT2D eigenvalue weighted by Crippen LogP contribution is -2.27. The molecule has 0 radical (unpaired) electrons. The molecule has 0 spiro atoms. The number of amides is 1. The first-order valence-corrected chi connectivity index (χ1v) is 9.13. The van der Waals surface area contributed by atoms with Gasteiger partial charge in [-0.15, -0.1) is 0 Å². The normalized spacial score (nSPS) is 15.5. The number of carbonyl (C=O) groups is 1. The SMILES string of the molecule is Cc1cc(C(=O)Nc2ccccc2C)nc(N2c3ccccc3CC2C)n1. The highest BCUT2D eigenvalue weighted by Gasteiger charge is 2.29. The van der Waals surface area contributed by atoms with Crippen molar-refractivity contribution in [3.63, 3.8) is 0 Å². The quantitative estimate of drug-likeness (QED) is 0.752. The Labute approximate surface area is 159 Å². The topological polar surface area (TPSA) is 58.1 Å². The molecule has 5 nitrogen and oxygen atoms in total. The molecule has 5 heteroatoms. The van der Waals surface area contributed by atoms with Crippen molar-refractivity contribution in [2.75, 3.05) is 10.2 Å². The Morgan fingerprint density at radius 3 is 2.63 bits per heavy atom. The van der Waals surface area contributed by atoms with E-state index in [1.807, 2.05) is 50.2 Å². The van der Waals surface area contributed by atoms with Crippen LogP contribution in [0.1, 0.15) is 34.2 Å². The number of hydrogen-bond donors (Lipinski definition) is 1. The predicted octanol–water partition coefficient (Wildman–Crippen LogP) is 4.43. The standard InChI is InChI=1S/C22H22N4O/c1-14-8-4-6-10-18(14)24-21(27)19-12-15(2)23-22(25-19)26-16(3)13-17-9-5-7-11-20(17)26/h4-12,16H,13H2,1-3H3,(H,24,27). The lowest BCUT2D eigenvalue weighted by Gasteiger charge is -2.23. The highest BCUT2D eigenvalue weighted by atomic mass is 16.1. The van der Waals surface area contributed by atoms with Crippen LogP contribution < -0.4 is 10.2 Å². The van der Waals surface area contributed by atoms with Gasteiger partial charge in [-0.05, 0) is 56.5 Å². The number of aryl methyl sites for hydroxylation is 2. The Hall–Kier alpha value is -3.21. The van der Waals surface area contributed by atoms with Gasteiger partial charge in [0.25, 0.3) is 5.91 Å². The van der Waals surface area contributed by atoms with Gasteiger partial charge >= 0.3 is 0 Å². The number of aromatic nitrogens is 2. The average molecular weight is 358 g/mol. The summed E-state index contributed by atoms with van der Waals surface area (Å²) in [6.45, 7) is 6.01. The van der Waals surface area contributed by atoms with E-state index in [0.29, 0.717) is 11.6 Å². The van der Waals surface area contributed by atoms with Crippen molar-refractivity contribution < 1.29 is 4.79 Å². The first-order chi connectivity index (χ1) is 13.0. The van der Waals surface area contributed by atoms with E-state index < -0.39 is 0 Å². The Morgan fingerprint density at radius 2 is 1.81 bits per heavy atom. The number of benzene rings is 2. The third-order valence-electron chi connectivity index (χ3n) is 4.89. The molecule has 0 saturated carbocycles. The molecule has 1 aliphatic heterocycles. The summed E-state index contributed by atoms with van der Waals surface area (Å²) in [6, 6.07) is 18.0. The molecule has 4 rings (SSSR count). The van der Waals surface area contributed by atoms with Gasteiger partial charge in [-0.3, -0.25) is 4.79 Å². The molecular formula is C22H22N4O. The number of nitrogens with zero attached hydrogens (tertiary/aromatic N) is 3. The Morgan fingerprint density at radius 1 is 1.07 bits per heavy atom. The van der Waals surface area contributed by atoms with E-state index in [1.54, 1.807) is 6.07 Å². The number of hydrogen-bond acceptors (Lipinski definition) is 4. The summed E-state index contributed by atoms with van der Waals surface area (Å²) in [6.07, 6.45) is 0.943. The summed E-state index contributed by atoms with van der Waals surface area (Å²) in [5.41, 5.74) is 5.34. The molecule has 0 aliphatic carbocycles. The fourth-order valence-corrected chi connectivity index (χ4v) is 3.55. The second-order valence-electron chi connectivity index (χ2n) is 7.02. The van der Waals surface area contributed by atoms with Crippen molar-refractivity contribution in [3.8, 4) is 0 Å². The molecule has 1 amide bonds. The fourth-order valence-electron chi connectivity index (χ4n) is 3.55. The zero-order valence-corrected chi connectivity index (χ0v) is 15.7. The molecule has 0 saturated heterocycles. The van der Waals surface area contributed by atoms with Gasteiger partial charge in [0, 0.05) is 23.1 Å². The van der Waals surface area contributed by atoms with Gasteiger partial charge in [0.15, 0.2) is 0 Å². The van der Waals surface area contributed by atoms with Crippen LogP contribution in [0, 0.1) is 13.8 Å². The first-order valence-electron chi connectivity index (χ1n) is 9.13. The van der Waals surface area contributed by atoms with Crippen LogP contribution in [0.15, 0.2) is 54.6 Å². The summed E-state index contributed by atoms with van der Waals surface area (Å²) in [5.74, 6) is 0.346. The van der Waals surface area contributed by atoms with Gasteiger partial charge in [0.2, 0.25) is 5.95 Å². The second-order valence-corrected chi connectivity index (χ2v) is 7.02. The Balaban J connectivity index is 1.68. The summed E-state index contributed by atoms with van der Waals surface area (Å²) >= 11 is 0. The lowest BCUT2D eigenvalue weighted by molar-refractivity contribution is 0.102. The zero-order chi connectivity index (χ0) is 19.0. The van der Waals surface area contributed by atoms with Crippen LogP contribution in [0.25, 0.3) is 0 Å². The third-order valence-corrected chi connectivity index (χ3v) is 4.89. The van der Waals surface area contributed by atoms with Crippen molar-refractivity contribution in [2.24, 2.45) is 0 Å². The van der Waals surface area contributed by atoms with Crippen LogP contribution in [0.3, 0.4) is 0 Å². The van der Waals surface area contributed by atoms with Crippen molar-refractivity contribution >= 4 is 23.2 Å². The second kappa shape index (κ2) is 6.83. The van der Waals surface area contributed by atoms with E-state index in [9.17, 15) is 4.79 Å². The maximum absolute atomic E-state index is 12.8. The summed E-state index contributed by atoms with van der Waals surface area (Å²) < 4.78 is 0. The Bertz CT molecular complexity index is 1010. The summed E-state index contributed by atoms with van der Waals surface area (Å²) in [4.78, 5) is 24.1. The van der Waals surface area contributed by atoms with Crippen molar-refractivity contribution in [1.82, 2.24) is 9.97 Å². The molecule has 1 unspecified atom stereocenters. The average Bonchev–Trinajstić information content (AvgIpc) is 2.98. The zero-order valence-electron chi connectivity index (χ0n) is 15.7. The number of para-hydroxylation sites is 2. The van der Waals surface area contributed by atoms with Crippen molar-refractivity contribution in [1.29, 1.82) is 0 Å². The fraction of sp³-hybridized carbons (Fsp3) is 0.227. The van der Waals surface area contributed by atoms with Gasteiger partial charge in [0.05, 0.1) is 0 Å². The van der Waals surface area contributed by atoms with Gasteiger partial charge in [0.1, 0.15) is 5.69 Å². The number of rotatable bonds is 3. The molecule has 1 aliphatic rings. The number of fused-ring (bicyclic) bond motifs is 1. The molecule has 3 aromatic rings. The van der Waals surface area contributed by atoms with E-state index >= 15 is 0 Å². The first kappa shape index (κ1) is 17.2. The molecule has 1 atom stereocenters. The third kappa shape index (κ3) is 3.28. The molecule has 2 aromatic carbocycles. The van der Waals surface area contributed by atoms with E-state index in [1.165, 1.54) is 5.56 Å². The van der Waals surface area contributed by atoms with Crippen LogP contribution >= 0.6 is 0 Å². The maximum atomic E-state index is 12.8. The minimum atomic E-state index is -0.226. The van der Waals surface area contributed by atoms with Gasteiger partial charge < -0.3 is 10.2 Å². The van der Waals surface area contributed by atoms with E-state index in [2.05, 4.69) is 39.2 Å². The van der Waals surface area contributed by atoms with Gasteiger partial charge in [-0.1, -0.05) is 36.4 Å². The number of nitrogens with one attached hydrogen (secondary N) is 1. The van der Waals surface area contributed by atoms with Crippen LogP contribution in [0.4, 0.5) is 17.3 Å². The Kier molecular flexibility index (Phi) is 4.36. The van der Waals surface area contributed by atoms with Crippen molar-refractivity contribution in [3.05, 3.63) is 77.1 Å². The summed E-state index contributed by atoms with van der Waals surface area (Å²) in [5, 5.41) is 2.95. The van der Waals surface area contributed by atoms with E-state index in [0.717, 1.165) is 29.1 Å². The molecule has 1 aromatic heterocycles. The monoisotopic (exact) mass is 358 g/mol. The highest BCUT2D eigenvalue weighted by molar-refractivity contribution is 6.03.